The molecule has 0 bridgehead atoms. The van der Waals surface area contributed by atoms with Gasteiger partial charge in [-0.2, -0.15) is 0 Å². The molecule has 1 aliphatic heterocycles. The monoisotopic (exact) mass is 333 g/mol. The Morgan fingerprint density at radius 1 is 1.25 bits per heavy atom. The van der Waals surface area contributed by atoms with Gasteiger partial charge >= 0.3 is 7.12 Å². The van der Waals surface area contributed by atoms with Gasteiger partial charge in [0.2, 0.25) is 5.91 Å². The van der Waals surface area contributed by atoms with Crippen LogP contribution in [0.2, 0.25) is 0 Å². The van der Waals surface area contributed by atoms with E-state index < -0.39 is 18.3 Å². The summed E-state index contributed by atoms with van der Waals surface area (Å²) < 4.78 is 25.9. The lowest BCUT2D eigenvalue weighted by Gasteiger charge is -2.32. The molecule has 1 saturated heterocycles. The summed E-state index contributed by atoms with van der Waals surface area (Å²) in [6.45, 7) is 11.3. The highest BCUT2D eigenvalue weighted by Gasteiger charge is 2.52. The highest BCUT2D eigenvalue weighted by molar-refractivity contribution is 6.56. The van der Waals surface area contributed by atoms with E-state index in [4.69, 9.17) is 9.31 Å². The van der Waals surface area contributed by atoms with Crippen molar-refractivity contribution in [1.82, 2.24) is 5.32 Å². The average molecular weight is 333 g/mol. The Morgan fingerprint density at radius 3 is 2.33 bits per heavy atom. The van der Waals surface area contributed by atoms with Crippen LogP contribution in [0.5, 0.6) is 0 Å². The third kappa shape index (κ3) is 4.05. The number of rotatable bonds is 4. The number of benzene rings is 1. The molecule has 6 heteroatoms. The first-order valence-corrected chi connectivity index (χ1v) is 8.08. The van der Waals surface area contributed by atoms with E-state index in [0.717, 1.165) is 5.47 Å². The van der Waals surface area contributed by atoms with E-state index in [2.05, 4.69) is 5.32 Å². The molecule has 1 aromatic rings. The predicted octanol–water partition coefficient (Wildman–Crippen LogP) is 3.29. The Labute approximate surface area is 143 Å². The van der Waals surface area contributed by atoms with Gasteiger partial charge in [0.1, 0.15) is 5.82 Å². The third-order valence-corrected chi connectivity index (χ3v) is 4.65. The van der Waals surface area contributed by atoms with Crippen LogP contribution in [0.25, 0.3) is 6.08 Å². The van der Waals surface area contributed by atoms with Gasteiger partial charge in [-0.05, 0) is 57.3 Å². The van der Waals surface area contributed by atoms with E-state index in [9.17, 15) is 9.18 Å². The minimum atomic E-state index is -0.591. The molecule has 0 radical (unpaired) electrons. The van der Waals surface area contributed by atoms with E-state index >= 15 is 0 Å². The molecular formula is C18H25BFNO3. The number of carbonyl (C=O) groups is 1. The van der Waals surface area contributed by atoms with Gasteiger partial charge < -0.3 is 14.6 Å². The number of halogens is 1. The number of carbonyl (C=O) groups excluding carboxylic acids is 1. The van der Waals surface area contributed by atoms with Gasteiger partial charge in [-0.3, -0.25) is 4.79 Å². The van der Waals surface area contributed by atoms with Crippen LogP contribution in [-0.4, -0.2) is 30.8 Å². The molecule has 4 nitrogen and oxygen atoms in total. The smallest absolute Gasteiger partial charge is 0.400 e. The molecule has 1 N–H and O–H groups in total. The quantitative estimate of drug-likeness (QED) is 0.860. The zero-order valence-electron chi connectivity index (χ0n) is 15.2. The summed E-state index contributed by atoms with van der Waals surface area (Å²) >= 11 is 0. The molecule has 0 saturated carbocycles. The van der Waals surface area contributed by atoms with E-state index in [-0.39, 0.29) is 18.3 Å². The number of amides is 1. The van der Waals surface area contributed by atoms with Crippen molar-refractivity contribution in [2.24, 2.45) is 0 Å². The lowest BCUT2D eigenvalue weighted by Crippen LogP contribution is -2.41. The topological polar surface area (TPSA) is 47.6 Å². The minimum Gasteiger partial charge on any atom is -0.400 e. The first-order chi connectivity index (χ1) is 11.0. The van der Waals surface area contributed by atoms with E-state index in [0.29, 0.717) is 11.1 Å². The molecule has 2 rings (SSSR count). The lowest BCUT2D eigenvalue weighted by molar-refractivity contribution is -0.118. The van der Waals surface area contributed by atoms with E-state index in [1.807, 2.05) is 33.8 Å². The van der Waals surface area contributed by atoms with Crippen LogP contribution < -0.4 is 5.32 Å². The molecule has 1 heterocycles. The molecular weight excluding hydrogens is 308 g/mol. The summed E-state index contributed by atoms with van der Waals surface area (Å²) in [6.07, 6.45) is 1.81. The molecule has 0 aliphatic carbocycles. The fourth-order valence-electron chi connectivity index (χ4n) is 2.34. The van der Waals surface area contributed by atoms with Crippen LogP contribution in [0.4, 0.5) is 4.39 Å². The van der Waals surface area contributed by atoms with Crippen molar-refractivity contribution in [2.75, 3.05) is 6.54 Å². The summed E-state index contributed by atoms with van der Waals surface area (Å²) in [7, 11) is -0.591. The van der Waals surface area contributed by atoms with Crippen LogP contribution >= 0.6 is 0 Å². The first-order valence-electron chi connectivity index (χ1n) is 8.08. The summed E-state index contributed by atoms with van der Waals surface area (Å²) in [5.74, 6) is -0.413. The second-order valence-corrected chi connectivity index (χ2v) is 7.23. The Bertz CT molecular complexity index is 654. The fourth-order valence-corrected chi connectivity index (χ4v) is 2.34. The summed E-state index contributed by atoms with van der Waals surface area (Å²) in [5, 5.41) is 2.76. The number of hydrogen-bond donors (Lipinski definition) is 1. The second kappa shape index (κ2) is 6.69. The molecule has 1 amide bonds. The number of nitrogens with one attached hydrogen (secondary N) is 1. The predicted molar refractivity (Wildman–Crippen MR) is 93.9 cm³/mol. The van der Waals surface area contributed by atoms with Crippen LogP contribution in [0, 0.1) is 12.7 Å². The minimum absolute atomic E-state index is 0.146. The Morgan fingerprint density at radius 2 is 1.83 bits per heavy atom. The maximum absolute atomic E-state index is 13.8. The summed E-state index contributed by atoms with van der Waals surface area (Å²) in [5.41, 5.74) is 1.07. The van der Waals surface area contributed by atoms with Crippen molar-refractivity contribution >= 4 is 19.1 Å². The molecule has 1 aliphatic rings. The number of hydrogen-bond acceptors (Lipinski definition) is 3. The zero-order chi connectivity index (χ0) is 18.1. The summed E-state index contributed by atoms with van der Waals surface area (Å²) in [4.78, 5) is 11.3. The third-order valence-electron chi connectivity index (χ3n) is 4.65. The maximum atomic E-state index is 13.8. The van der Waals surface area contributed by atoms with Crippen molar-refractivity contribution in [2.45, 2.75) is 52.7 Å². The van der Waals surface area contributed by atoms with Crippen LogP contribution in [0.15, 0.2) is 23.7 Å². The molecule has 130 valence electrons. The second-order valence-electron chi connectivity index (χ2n) is 7.23. The molecule has 24 heavy (non-hydrogen) atoms. The fraction of sp³-hybridized carbons (Fsp3) is 0.500. The van der Waals surface area contributed by atoms with Gasteiger partial charge in [0.05, 0.1) is 11.2 Å². The molecule has 0 spiro atoms. The molecule has 1 fully saturated rings. The average Bonchev–Trinajstić information content (AvgIpc) is 2.67. The van der Waals surface area contributed by atoms with Gasteiger partial charge in [-0.15, -0.1) is 0 Å². The van der Waals surface area contributed by atoms with E-state index in [1.165, 1.54) is 13.0 Å². The Hall–Kier alpha value is -1.66. The zero-order valence-corrected chi connectivity index (χ0v) is 15.2. The molecule has 1 aromatic carbocycles. The van der Waals surface area contributed by atoms with Crippen LogP contribution in [0.3, 0.4) is 0 Å². The van der Waals surface area contributed by atoms with Crippen molar-refractivity contribution < 1.29 is 18.5 Å². The normalized spacial score (nSPS) is 19.5. The molecule has 0 atom stereocenters. The SMILES string of the molecule is CC(=O)NCC(=Cc1ccc(C)c(F)c1)B1OC(C)(C)C(C)(C)O1. The number of aryl methyl sites for hydroxylation is 1. The maximum Gasteiger partial charge on any atom is 0.492 e. The lowest BCUT2D eigenvalue weighted by atomic mass is 9.77. The van der Waals surface area contributed by atoms with Gasteiger partial charge in [0.25, 0.3) is 0 Å². The van der Waals surface area contributed by atoms with Gasteiger partial charge in [0.15, 0.2) is 0 Å². The highest BCUT2D eigenvalue weighted by Crippen LogP contribution is 2.38. The van der Waals surface area contributed by atoms with Crippen LogP contribution in [0.1, 0.15) is 45.7 Å². The van der Waals surface area contributed by atoms with Gasteiger partial charge in [0, 0.05) is 13.5 Å². The van der Waals surface area contributed by atoms with Crippen molar-refractivity contribution in [3.63, 3.8) is 0 Å². The molecule has 0 unspecified atom stereocenters. The first kappa shape index (κ1) is 18.7. The Kier molecular flexibility index (Phi) is 5.21. The van der Waals surface area contributed by atoms with Gasteiger partial charge in [-0.25, -0.2) is 4.39 Å². The molecule has 0 aromatic heterocycles. The van der Waals surface area contributed by atoms with Crippen molar-refractivity contribution in [3.05, 3.63) is 40.6 Å². The van der Waals surface area contributed by atoms with Gasteiger partial charge in [-0.1, -0.05) is 18.2 Å². The van der Waals surface area contributed by atoms with E-state index in [1.54, 1.807) is 19.1 Å². The standard InChI is InChI=1S/C18H25BFNO3/c1-12-7-8-14(10-16(12)20)9-15(11-21-13(2)22)19-23-17(3,4)18(5,6)24-19/h7-10H,11H2,1-6H3,(H,21,22). The largest absolute Gasteiger partial charge is 0.492 e. The van der Waals surface area contributed by atoms with Crippen molar-refractivity contribution in [1.29, 1.82) is 0 Å². The highest BCUT2D eigenvalue weighted by atomic mass is 19.1. The summed E-state index contributed by atoms with van der Waals surface area (Å²) in [6, 6.07) is 5.02. The van der Waals surface area contributed by atoms with Crippen molar-refractivity contribution in [3.8, 4) is 0 Å². The van der Waals surface area contributed by atoms with Crippen LogP contribution in [-0.2, 0) is 14.1 Å². The Balaban J connectivity index is 2.33.